The van der Waals surface area contributed by atoms with Gasteiger partial charge in [0.05, 0.1) is 0 Å². The van der Waals surface area contributed by atoms with E-state index in [4.69, 9.17) is 0 Å². The maximum atomic E-state index is 11.2. The van der Waals surface area contributed by atoms with Crippen molar-refractivity contribution in [1.82, 2.24) is 0 Å². The summed E-state index contributed by atoms with van der Waals surface area (Å²) in [6.45, 7) is 1.93. The third kappa shape index (κ3) is 1.18. The minimum absolute atomic E-state index is 0.00206. The molecule has 2 nitrogen and oxygen atoms in total. The van der Waals surface area contributed by atoms with Crippen molar-refractivity contribution in [3.63, 3.8) is 0 Å². The third-order valence-electron chi connectivity index (χ3n) is 2.67. The molecule has 2 rings (SSSR count). The Bertz CT molecular complexity index is 354. The fourth-order valence-electron chi connectivity index (χ4n) is 1.81. The predicted molar refractivity (Wildman–Crippen MR) is 49.1 cm³/mol. The Kier molecular flexibility index (Phi) is 1.59. The molecule has 0 aromatic carbocycles. The number of carbonyl (C=O) groups excluding carboxylic acids is 2. The van der Waals surface area contributed by atoms with Crippen LogP contribution in [0.15, 0.2) is 36.0 Å². The van der Waals surface area contributed by atoms with Gasteiger partial charge in [0.15, 0.2) is 11.6 Å². The van der Waals surface area contributed by atoms with Gasteiger partial charge in [0.2, 0.25) is 0 Å². The molecule has 0 saturated carbocycles. The van der Waals surface area contributed by atoms with Gasteiger partial charge in [-0.3, -0.25) is 9.59 Å². The molecule has 13 heavy (non-hydrogen) atoms. The van der Waals surface area contributed by atoms with E-state index >= 15 is 0 Å². The van der Waals surface area contributed by atoms with Gasteiger partial charge in [-0.25, -0.2) is 0 Å². The molecule has 0 saturated heterocycles. The molecular formula is C11H10O2. The van der Waals surface area contributed by atoms with Crippen molar-refractivity contribution < 1.29 is 9.59 Å². The molecule has 0 aromatic rings. The summed E-state index contributed by atoms with van der Waals surface area (Å²) in [4.78, 5) is 22.1. The van der Waals surface area contributed by atoms with Crippen LogP contribution >= 0.6 is 0 Å². The van der Waals surface area contributed by atoms with Crippen LogP contribution in [0.5, 0.6) is 0 Å². The van der Waals surface area contributed by atoms with Crippen molar-refractivity contribution in [3.8, 4) is 0 Å². The van der Waals surface area contributed by atoms with E-state index in [1.54, 1.807) is 6.08 Å². The van der Waals surface area contributed by atoms with Gasteiger partial charge >= 0.3 is 0 Å². The molecule has 0 radical (unpaired) electrons. The molecule has 0 amide bonds. The summed E-state index contributed by atoms with van der Waals surface area (Å²) in [6.07, 6.45) is 8.85. The van der Waals surface area contributed by atoms with E-state index in [1.807, 2.05) is 19.1 Å². The maximum absolute atomic E-state index is 11.2. The fraction of sp³-hybridized carbons (Fsp3) is 0.273. The normalized spacial score (nSPS) is 24.2. The van der Waals surface area contributed by atoms with Crippen molar-refractivity contribution in [1.29, 1.82) is 0 Å². The van der Waals surface area contributed by atoms with Crippen LogP contribution in [0.25, 0.3) is 0 Å². The number of hydrogen-bond acceptors (Lipinski definition) is 2. The monoisotopic (exact) mass is 174 g/mol. The third-order valence-corrected chi connectivity index (χ3v) is 2.67. The van der Waals surface area contributed by atoms with Gasteiger partial charge in [-0.2, -0.15) is 0 Å². The number of ketones is 2. The Morgan fingerprint density at radius 1 is 1.23 bits per heavy atom. The topological polar surface area (TPSA) is 34.1 Å². The molecule has 0 aromatic heterocycles. The van der Waals surface area contributed by atoms with Gasteiger partial charge in [0.25, 0.3) is 0 Å². The summed E-state index contributed by atoms with van der Waals surface area (Å²) in [7, 11) is 0. The lowest BCUT2D eigenvalue weighted by atomic mass is 9.78. The van der Waals surface area contributed by atoms with E-state index in [0.717, 1.165) is 5.57 Å². The highest BCUT2D eigenvalue weighted by Gasteiger charge is 2.35. The highest BCUT2D eigenvalue weighted by molar-refractivity contribution is 6.02. The predicted octanol–water partition coefficient (Wildman–Crippen LogP) is 1.59. The average Bonchev–Trinajstić information content (AvgIpc) is 2.34. The number of allylic oxidation sites excluding steroid dienone is 6. The van der Waals surface area contributed by atoms with E-state index < -0.39 is 0 Å². The summed E-state index contributed by atoms with van der Waals surface area (Å²) < 4.78 is 0. The molecule has 2 heteroatoms. The van der Waals surface area contributed by atoms with Crippen molar-refractivity contribution in [2.75, 3.05) is 0 Å². The summed E-state index contributed by atoms with van der Waals surface area (Å²) >= 11 is 0. The molecule has 66 valence electrons. The van der Waals surface area contributed by atoms with Gasteiger partial charge < -0.3 is 0 Å². The molecule has 2 aliphatic carbocycles. The second kappa shape index (κ2) is 2.52. The van der Waals surface area contributed by atoms with E-state index in [0.29, 0.717) is 6.42 Å². The van der Waals surface area contributed by atoms with Gasteiger partial charge in [-0.05, 0) is 25.2 Å². The summed E-state index contributed by atoms with van der Waals surface area (Å²) in [5, 5.41) is 0. The Balaban J connectivity index is 2.40. The zero-order valence-electron chi connectivity index (χ0n) is 7.41. The first kappa shape index (κ1) is 8.17. The summed E-state index contributed by atoms with van der Waals surface area (Å²) in [5.74, 6) is 0.138. The maximum Gasteiger partial charge on any atom is 0.178 e. The molecule has 0 aliphatic heterocycles. The van der Waals surface area contributed by atoms with Gasteiger partial charge in [-0.1, -0.05) is 17.7 Å². The van der Waals surface area contributed by atoms with Crippen molar-refractivity contribution in [2.45, 2.75) is 13.3 Å². The minimum atomic E-state index is -0.287. The molecule has 0 heterocycles. The Hall–Kier alpha value is -1.44. The molecule has 0 bridgehead atoms. The first-order chi connectivity index (χ1) is 6.12. The van der Waals surface area contributed by atoms with Crippen LogP contribution in [0.4, 0.5) is 0 Å². The molecule has 0 fully saturated rings. The van der Waals surface area contributed by atoms with Crippen LogP contribution < -0.4 is 0 Å². The first-order valence-electron chi connectivity index (χ1n) is 4.26. The standard InChI is InChI=1S/C11H10O2/c1-8-6-10(13)7-11(8)4-2-9(12)3-5-11/h2-6H,7H2,1H3. The van der Waals surface area contributed by atoms with Crippen LogP contribution in [-0.4, -0.2) is 11.6 Å². The fourth-order valence-corrected chi connectivity index (χ4v) is 1.81. The van der Waals surface area contributed by atoms with E-state index in [-0.39, 0.29) is 17.0 Å². The molecule has 0 unspecified atom stereocenters. The second-order valence-corrected chi connectivity index (χ2v) is 3.58. The van der Waals surface area contributed by atoms with Crippen LogP contribution in [0, 0.1) is 5.41 Å². The Morgan fingerprint density at radius 2 is 1.85 bits per heavy atom. The average molecular weight is 174 g/mol. The van der Waals surface area contributed by atoms with Crippen molar-refractivity contribution >= 4 is 11.6 Å². The van der Waals surface area contributed by atoms with Crippen LogP contribution in [0.1, 0.15) is 13.3 Å². The lowest BCUT2D eigenvalue weighted by molar-refractivity contribution is -0.115. The van der Waals surface area contributed by atoms with Crippen LogP contribution in [0.3, 0.4) is 0 Å². The molecule has 2 aliphatic rings. The van der Waals surface area contributed by atoms with E-state index in [1.165, 1.54) is 12.2 Å². The lowest BCUT2D eigenvalue weighted by Crippen LogP contribution is -2.17. The number of rotatable bonds is 0. The number of carbonyl (C=O) groups is 2. The van der Waals surface area contributed by atoms with E-state index in [9.17, 15) is 9.59 Å². The highest BCUT2D eigenvalue weighted by Crippen LogP contribution is 2.41. The largest absolute Gasteiger partial charge is 0.295 e. The van der Waals surface area contributed by atoms with Gasteiger partial charge in [0.1, 0.15) is 0 Å². The number of hydrogen-bond donors (Lipinski definition) is 0. The summed E-state index contributed by atoms with van der Waals surface area (Å²) in [5.41, 5.74) is 0.739. The second-order valence-electron chi connectivity index (χ2n) is 3.58. The Labute approximate surface area is 76.6 Å². The van der Waals surface area contributed by atoms with Crippen LogP contribution in [0.2, 0.25) is 0 Å². The van der Waals surface area contributed by atoms with Crippen LogP contribution in [-0.2, 0) is 9.59 Å². The zero-order chi connectivity index (χ0) is 9.47. The highest BCUT2D eigenvalue weighted by atomic mass is 16.1. The van der Waals surface area contributed by atoms with Crippen molar-refractivity contribution in [3.05, 3.63) is 36.0 Å². The molecule has 1 spiro atoms. The SMILES string of the molecule is CC1=CC(=O)CC12C=CC(=O)C=C2. The quantitative estimate of drug-likeness (QED) is 0.558. The smallest absolute Gasteiger partial charge is 0.178 e. The van der Waals surface area contributed by atoms with E-state index in [2.05, 4.69) is 0 Å². The first-order valence-corrected chi connectivity index (χ1v) is 4.26. The Morgan fingerprint density at radius 3 is 2.31 bits per heavy atom. The van der Waals surface area contributed by atoms with Crippen molar-refractivity contribution in [2.24, 2.45) is 5.41 Å². The van der Waals surface area contributed by atoms with Gasteiger partial charge in [0, 0.05) is 11.8 Å². The summed E-state index contributed by atoms with van der Waals surface area (Å²) in [6, 6.07) is 0. The molecular weight excluding hydrogens is 164 g/mol. The lowest BCUT2D eigenvalue weighted by Gasteiger charge is -2.24. The zero-order valence-corrected chi connectivity index (χ0v) is 7.41. The molecule has 0 atom stereocenters. The minimum Gasteiger partial charge on any atom is -0.295 e. The molecule has 0 N–H and O–H groups in total. The van der Waals surface area contributed by atoms with Gasteiger partial charge in [-0.15, -0.1) is 0 Å².